The second kappa shape index (κ2) is 8.18. The van der Waals surface area contributed by atoms with E-state index in [4.69, 9.17) is 21.3 Å². The first-order chi connectivity index (χ1) is 12.5. The number of nitrogens with one attached hydrogen (secondary N) is 1. The Bertz CT molecular complexity index is 1110. The zero-order chi connectivity index (χ0) is 18.3. The van der Waals surface area contributed by atoms with Crippen LogP contribution in [0.4, 0.5) is 10.8 Å². The van der Waals surface area contributed by atoms with Crippen LogP contribution in [0, 0.1) is 6.92 Å². The fourth-order valence-electron chi connectivity index (χ4n) is 2.72. The molecule has 4 aromatic rings. The Morgan fingerprint density at radius 2 is 2.04 bits per heavy atom. The Kier molecular flexibility index (Phi) is 6.10. The van der Waals surface area contributed by atoms with Crippen molar-refractivity contribution in [1.29, 1.82) is 0 Å². The normalized spacial score (nSPS) is 10.7. The molecular formula is C18H15Br2ClN4OS. The summed E-state index contributed by atoms with van der Waals surface area (Å²) in [5, 5.41) is 6.80. The molecule has 0 unspecified atom stereocenters. The van der Waals surface area contributed by atoms with Crippen LogP contribution in [0.25, 0.3) is 17.0 Å². The Labute approximate surface area is 184 Å². The first kappa shape index (κ1) is 20.1. The van der Waals surface area contributed by atoms with E-state index >= 15 is 0 Å². The number of halogens is 3. The molecule has 140 valence electrons. The molecular weight excluding hydrogens is 516 g/mol. The van der Waals surface area contributed by atoms with Gasteiger partial charge in [0, 0.05) is 16.0 Å². The Hall–Kier alpha value is -1.61. The van der Waals surface area contributed by atoms with Gasteiger partial charge >= 0.3 is 0 Å². The molecule has 5 nitrogen and oxygen atoms in total. The number of ether oxygens (including phenoxy) is 1. The fourth-order valence-corrected chi connectivity index (χ4v) is 4.05. The highest BCUT2D eigenvalue weighted by molar-refractivity contribution is 9.10. The van der Waals surface area contributed by atoms with Gasteiger partial charge in [0.1, 0.15) is 17.1 Å². The van der Waals surface area contributed by atoms with E-state index in [1.54, 1.807) is 7.11 Å². The molecule has 3 aromatic heterocycles. The quantitative estimate of drug-likeness (QED) is 0.327. The molecule has 0 aliphatic rings. The predicted octanol–water partition coefficient (Wildman–Crippen LogP) is 6.51. The van der Waals surface area contributed by atoms with E-state index in [-0.39, 0.29) is 17.0 Å². The minimum Gasteiger partial charge on any atom is -0.497 e. The molecule has 0 fully saturated rings. The number of hydrogen-bond acceptors (Lipinski definition) is 5. The summed E-state index contributed by atoms with van der Waals surface area (Å²) in [5.41, 5.74) is 4.48. The number of methoxy groups -OCH3 is 1. The zero-order valence-corrected chi connectivity index (χ0v) is 19.2. The molecule has 0 saturated heterocycles. The van der Waals surface area contributed by atoms with Gasteiger partial charge in [0.2, 0.25) is 0 Å². The summed E-state index contributed by atoms with van der Waals surface area (Å²) in [6.07, 6.45) is 1.86. The molecule has 0 spiro atoms. The summed E-state index contributed by atoms with van der Waals surface area (Å²) in [6, 6.07) is 9.50. The van der Waals surface area contributed by atoms with Crippen LogP contribution in [0.15, 0.2) is 46.4 Å². The van der Waals surface area contributed by atoms with Crippen LogP contribution in [-0.4, -0.2) is 21.5 Å². The predicted molar refractivity (Wildman–Crippen MR) is 120 cm³/mol. The maximum atomic E-state index is 6.15. The SMILES string of the molecule is Br.COc1ccc(Nc2nc(-c3c(C)nc4ccc(Cl)cn34)cs2)c(Br)c1. The van der Waals surface area contributed by atoms with Crippen molar-refractivity contribution in [1.82, 2.24) is 14.4 Å². The summed E-state index contributed by atoms with van der Waals surface area (Å²) in [6.45, 7) is 1.97. The lowest BCUT2D eigenvalue weighted by Gasteiger charge is -2.07. The first-order valence-corrected chi connectivity index (χ1v) is 9.81. The fraction of sp³-hybridized carbons (Fsp3) is 0.111. The highest BCUT2D eigenvalue weighted by Gasteiger charge is 2.15. The molecule has 0 saturated carbocycles. The molecule has 1 N–H and O–H groups in total. The molecule has 4 rings (SSSR count). The largest absolute Gasteiger partial charge is 0.497 e. The molecule has 0 radical (unpaired) electrons. The summed E-state index contributed by atoms with van der Waals surface area (Å²) in [4.78, 5) is 9.31. The van der Waals surface area contributed by atoms with E-state index in [0.29, 0.717) is 5.02 Å². The van der Waals surface area contributed by atoms with Crippen LogP contribution in [0.5, 0.6) is 5.75 Å². The van der Waals surface area contributed by atoms with Gasteiger partial charge in [0.15, 0.2) is 5.13 Å². The minimum absolute atomic E-state index is 0. The number of aryl methyl sites for hydroxylation is 1. The average molecular weight is 531 g/mol. The summed E-state index contributed by atoms with van der Waals surface area (Å²) < 4.78 is 8.11. The molecule has 1 aromatic carbocycles. The average Bonchev–Trinajstić information content (AvgIpc) is 3.19. The van der Waals surface area contributed by atoms with Gasteiger partial charge in [0.25, 0.3) is 0 Å². The number of thiazole rings is 1. The Balaban J connectivity index is 0.00000210. The van der Waals surface area contributed by atoms with Crippen molar-refractivity contribution >= 4 is 72.3 Å². The Morgan fingerprint density at radius 1 is 1.22 bits per heavy atom. The summed E-state index contributed by atoms with van der Waals surface area (Å²) >= 11 is 11.2. The molecule has 0 bridgehead atoms. The van der Waals surface area contributed by atoms with Gasteiger partial charge in [-0.25, -0.2) is 9.97 Å². The van der Waals surface area contributed by atoms with Crippen molar-refractivity contribution in [3.05, 3.63) is 57.1 Å². The second-order valence-electron chi connectivity index (χ2n) is 5.63. The van der Waals surface area contributed by atoms with Gasteiger partial charge in [0.05, 0.1) is 29.2 Å². The molecule has 27 heavy (non-hydrogen) atoms. The number of nitrogens with zero attached hydrogens (tertiary/aromatic N) is 3. The van der Waals surface area contributed by atoms with Crippen LogP contribution in [-0.2, 0) is 0 Å². The molecule has 0 amide bonds. The number of anilines is 2. The zero-order valence-electron chi connectivity index (χ0n) is 14.4. The van der Waals surface area contributed by atoms with Crippen LogP contribution in [0.3, 0.4) is 0 Å². The van der Waals surface area contributed by atoms with Gasteiger partial charge < -0.3 is 10.1 Å². The van der Waals surface area contributed by atoms with Gasteiger partial charge in [-0.05, 0) is 53.2 Å². The first-order valence-electron chi connectivity index (χ1n) is 7.76. The van der Waals surface area contributed by atoms with Crippen molar-refractivity contribution in [2.45, 2.75) is 6.92 Å². The molecule has 0 aliphatic carbocycles. The summed E-state index contributed by atoms with van der Waals surface area (Å²) in [7, 11) is 1.65. The van der Waals surface area contributed by atoms with Gasteiger partial charge in [-0.1, -0.05) is 11.6 Å². The Morgan fingerprint density at radius 3 is 2.78 bits per heavy atom. The number of imidazole rings is 1. The molecule has 0 atom stereocenters. The van der Waals surface area contributed by atoms with E-state index in [0.717, 1.165) is 43.8 Å². The van der Waals surface area contributed by atoms with Crippen molar-refractivity contribution in [3.8, 4) is 17.1 Å². The molecule has 0 aliphatic heterocycles. The second-order valence-corrected chi connectivity index (χ2v) is 7.78. The van der Waals surface area contributed by atoms with E-state index in [9.17, 15) is 0 Å². The third kappa shape index (κ3) is 3.99. The van der Waals surface area contributed by atoms with Gasteiger partial charge in [-0.15, -0.1) is 28.3 Å². The van der Waals surface area contributed by atoms with Crippen LogP contribution in [0.1, 0.15) is 5.69 Å². The highest BCUT2D eigenvalue weighted by Crippen LogP contribution is 2.33. The third-order valence-electron chi connectivity index (χ3n) is 3.92. The van der Waals surface area contributed by atoms with Crippen LogP contribution >= 0.6 is 55.8 Å². The maximum absolute atomic E-state index is 6.15. The number of pyridine rings is 1. The van der Waals surface area contributed by atoms with Gasteiger partial charge in [-0.3, -0.25) is 4.40 Å². The third-order valence-corrected chi connectivity index (χ3v) is 5.56. The lowest BCUT2D eigenvalue weighted by molar-refractivity contribution is 0.414. The lowest BCUT2D eigenvalue weighted by Crippen LogP contribution is -1.93. The van der Waals surface area contributed by atoms with E-state index in [2.05, 4.69) is 26.2 Å². The van der Waals surface area contributed by atoms with Crippen molar-refractivity contribution in [2.24, 2.45) is 0 Å². The van der Waals surface area contributed by atoms with Crippen LogP contribution in [0.2, 0.25) is 5.02 Å². The number of fused-ring (bicyclic) bond motifs is 1. The van der Waals surface area contributed by atoms with Crippen molar-refractivity contribution in [2.75, 3.05) is 12.4 Å². The van der Waals surface area contributed by atoms with E-state index < -0.39 is 0 Å². The molecule has 9 heteroatoms. The minimum atomic E-state index is 0. The standard InChI is InChI=1S/C18H14BrClN4OS.BrH/c1-10-17(24-8-11(20)3-6-16(24)21-10)15-9-26-18(23-15)22-14-5-4-12(25-2)7-13(14)19;/h3-9H,1-2H3,(H,22,23);1H. The van der Waals surface area contributed by atoms with Gasteiger partial charge in [-0.2, -0.15) is 0 Å². The summed E-state index contributed by atoms with van der Waals surface area (Å²) in [5.74, 6) is 0.792. The van der Waals surface area contributed by atoms with Crippen molar-refractivity contribution in [3.63, 3.8) is 0 Å². The number of rotatable bonds is 4. The number of benzene rings is 1. The number of hydrogen-bond donors (Lipinski definition) is 1. The maximum Gasteiger partial charge on any atom is 0.187 e. The molecule has 3 heterocycles. The van der Waals surface area contributed by atoms with E-state index in [1.807, 2.05) is 53.2 Å². The van der Waals surface area contributed by atoms with E-state index in [1.165, 1.54) is 11.3 Å². The highest BCUT2D eigenvalue weighted by atomic mass is 79.9. The van der Waals surface area contributed by atoms with Crippen LogP contribution < -0.4 is 10.1 Å². The smallest absolute Gasteiger partial charge is 0.187 e. The van der Waals surface area contributed by atoms with Crippen molar-refractivity contribution < 1.29 is 4.74 Å². The number of aromatic nitrogens is 3. The monoisotopic (exact) mass is 528 g/mol. The lowest BCUT2D eigenvalue weighted by atomic mass is 10.3. The topological polar surface area (TPSA) is 51.5 Å².